The molecular formula is C45H65NO3. The zero-order valence-corrected chi connectivity index (χ0v) is 31.8. The van der Waals surface area contributed by atoms with E-state index in [0.717, 1.165) is 53.2 Å². The van der Waals surface area contributed by atoms with Crippen molar-refractivity contribution in [2.45, 2.75) is 153 Å². The van der Waals surface area contributed by atoms with Crippen molar-refractivity contribution >= 4 is 0 Å². The van der Waals surface area contributed by atoms with Crippen molar-refractivity contribution in [1.82, 2.24) is 4.90 Å². The van der Waals surface area contributed by atoms with Crippen LogP contribution in [-0.4, -0.2) is 35.4 Å². The van der Waals surface area contributed by atoms with Crippen LogP contribution in [-0.2, 0) is 39.5 Å². The van der Waals surface area contributed by atoms with E-state index >= 15 is 0 Å². The van der Waals surface area contributed by atoms with Crippen LogP contribution in [0.4, 0.5) is 0 Å². The molecule has 4 nitrogen and oxygen atoms in total. The molecule has 49 heavy (non-hydrogen) atoms. The van der Waals surface area contributed by atoms with Gasteiger partial charge in [-0.15, -0.1) is 0 Å². The normalized spacial score (nSPS) is 34.8. The Bertz CT molecular complexity index is 1390. The first-order chi connectivity index (χ1) is 23.1. The van der Waals surface area contributed by atoms with Gasteiger partial charge in [-0.1, -0.05) is 65.8 Å². The molecule has 8 aliphatic carbocycles. The van der Waals surface area contributed by atoms with Crippen LogP contribution in [0.5, 0.6) is 11.5 Å². The Morgan fingerprint density at radius 1 is 0.592 bits per heavy atom. The van der Waals surface area contributed by atoms with Gasteiger partial charge in [0.15, 0.2) is 0 Å². The summed E-state index contributed by atoms with van der Waals surface area (Å²) < 4.78 is 5.67. The highest BCUT2D eigenvalue weighted by Crippen LogP contribution is 2.64. The lowest BCUT2D eigenvalue weighted by Gasteiger charge is -2.57. The third kappa shape index (κ3) is 6.17. The van der Waals surface area contributed by atoms with Crippen molar-refractivity contribution in [2.24, 2.45) is 35.5 Å². The molecule has 0 amide bonds. The molecule has 8 fully saturated rings. The average molecular weight is 668 g/mol. The van der Waals surface area contributed by atoms with Gasteiger partial charge in [0.1, 0.15) is 11.5 Å². The maximum atomic E-state index is 12.3. The van der Waals surface area contributed by atoms with Gasteiger partial charge in [-0.05, 0) is 145 Å². The zero-order chi connectivity index (χ0) is 34.5. The molecule has 0 aliphatic heterocycles. The molecule has 0 atom stereocenters. The van der Waals surface area contributed by atoms with E-state index < -0.39 is 0 Å². The molecule has 8 aliphatic rings. The average Bonchev–Trinajstić information content (AvgIpc) is 2.99. The minimum Gasteiger partial charge on any atom is -0.507 e. The Labute approximate surface area is 297 Å². The van der Waals surface area contributed by atoms with Crippen molar-refractivity contribution in [3.8, 4) is 11.5 Å². The predicted molar refractivity (Wildman–Crippen MR) is 199 cm³/mol. The standard InChI is InChI=1S/C45H65NO3/c1-42(2,3)36-16-34(40(47)38(18-36)44-20-28-10-29(21-44)12-30(11-28)22-44)26-46(8-9-49-7)27-35-17-37(43(4,5)6)19-39(41(35)48)45-23-31-13-32(24-45)15-33(14-31)25-45/h16-19,28-33,47-48H,8-15,20-27H2,1-7H3. The third-order valence-electron chi connectivity index (χ3n) is 14.7. The smallest absolute Gasteiger partial charge is 0.123 e. The number of ether oxygens (including phenoxy) is 1. The van der Waals surface area contributed by atoms with Crippen molar-refractivity contribution in [3.63, 3.8) is 0 Å². The summed E-state index contributed by atoms with van der Waals surface area (Å²) in [7, 11) is 1.78. The molecule has 0 unspecified atom stereocenters. The molecule has 0 saturated heterocycles. The number of nitrogens with zero attached hydrogens (tertiary/aromatic N) is 1. The third-order valence-corrected chi connectivity index (χ3v) is 14.7. The molecule has 268 valence electrons. The number of phenolic OH excluding ortho intramolecular Hbond substituents is 2. The molecule has 0 spiro atoms. The molecule has 10 rings (SSSR count). The quantitative estimate of drug-likeness (QED) is 0.279. The van der Waals surface area contributed by atoms with E-state index in [4.69, 9.17) is 4.74 Å². The first kappa shape index (κ1) is 34.1. The lowest BCUT2D eigenvalue weighted by molar-refractivity contribution is -0.00638. The van der Waals surface area contributed by atoms with Gasteiger partial charge in [-0.2, -0.15) is 0 Å². The monoisotopic (exact) mass is 667 g/mol. The Kier molecular flexibility index (Phi) is 8.35. The Morgan fingerprint density at radius 2 is 0.918 bits per heavy atom. The maximum absolute atomic E-state index is 12.3. The van der Waals surface area contributed by atoms with E-state index in [2.05, 4.69) is 70.7 Å². The molecular weight excluding hydrogens is 602 g/mol. The summed E-state index contributed by atoms with van der Waals surface area (Å²) >= 11 is 0. The largest absolute Gasteiger partial charge is 0.507 e. The van der Waals surface area contributed by atoms with E-state index in [-0.39, 0.29) is 21.7 Å². The van der Waals surface area contributed by atoms with E-state index in [9.17, 15) is 10.2 Å². The summed E-state index contributed by atoms with van der Waals surface area (Å²) in [5.41, 5.74) is 7.45. The molecule has 4 heteroatoms. The van der Waals surface area contributed by atoms with Gasteiger partial charge in [-0.3, -0.25) is 4.90 Å². The number of phenols is 2. The van der Waals surface area contributed by atoms with E-state index in [1.165, 1.54) is 99.3 Å². The second-order valence-corrected chi connectivity index (χ2v) is 20.7. The Hall–Kier alpha value is -2.04. The minimum absolute atomic E-state index is 0.0110. The second kappa shape index (κ2) is 12.0. The first-order valence-electron chi connectivity index (χ1n) is 20.1. The van der Waals surface area contributed by atoms with Crippen molar-refractivity contribution in [2.75, 3.05) is 20.3 Å². The predicted octanol–water partition coefficient (Wildman–Crippen LogP) is 10.3. The number of methoxy groups -OCH3 is 1. The van der Waals surface area contributed by atoms with Crippen LogP contribution in [0.15, 0.2) is 24.3 Å². The van der Waals surface area contributed by atoms with Crippen LogP contribution in [0.3, 0.4) is 0 Å². The second-order valence-electron chi connectivity index (χ2n) is 20.7. The van der Waals surface area contributed by atoms with Gasteiger partial charge >= 0.3 is 0 Å². The van der Waals surface area contributed by atoms with E-state index in [0.29, 0.717) is 31.2 Å². The first-order valence-corrected chi connectivity index (χ1v) is 20.1. The van der Waals surface area contributed by atoms with Crippen LogP contribution >= 0.6 is 0 Å². The molecule has 0 radical (unpaired) electrons. The van der Waals surface area contributed by atoms with Crippen molar-refractivity contribution in [1.29, 1.82) is 0 Å². The topological polar surface area (TPSA) is 52.9 Å². The van der Waals surface area contributed by atoms with Gasteiger partial charge < -0.3 is 14.9 Å². The zero-order valence-electron chi connectivity index (χ0n) is 31.8. The van der Waals surface area contributed by atoms with Crippen LogP contribution in [0, 0.1) is 35.5 Å². The van der Waals surface area contributed by atoms with E-state index in [1.54, 1.807) is 7.11 Å². The lowest BCUT2D eigenvalue weighted by atomic mass is 9.47. The highest BCUT2D eigenvalue weighted by atomic mass is 16.5. The van der Waals surface area contributed by atoms with Gasteiger partial charge in [0.25, 0.3) is 0 Å². The molecule has 2 aromatic rings. The maximum Gasteiger partial charge on any atom is 0.123 e. The minimum atomic E-state index is -0.0110. The Balaban J connectivity index is 1.17. The van der Waals surface area contributed by atoms with Crippen molar-refractivity contribution < 1.29 is 14.9 Å². The molecule has 0 heterocycles. The summed E-state index contributed by atoms with van der Waals surface area (Å²) in [5, 5.41) is 24.6. The van der Waals surface area contributed by atoms with E-state index in [1.807, 2.05) is 0 Å². The van der Waals surface area contributed by atoms with Gasteiger partial charge in [0.2, 0.25) is 0 Å². The van der Waals surface area contributed by atoms with Crippen LogP contribution in [0.1, 0.15) is 152 Å². The molecule has 0 aromatic heterocycles. The number of benzene rings is 2. The Morgan fingerprint density at radius 3 is 1.20 bits per heavy atom. The number of hydrogen-bond acceptors (Lipinski definition) is 4. The number of hydrogen-bond donors (Lipinski definition) is 2. The van der Waals surface area contributed by atoms with Gasteiger partial charge in [-0.25, -0.2) is 0 Å². The van der Waals surface area contributed by atoms with Crippen LogP contribution < -0.4 is 0 Å². The van der Waals surface area contributed by atoms with Gasteiger partial charge in [0, 0.05) is 49.0 Å². The highest BCUT2D eigenvalue weighted by molar-refractivity contribution is 5.52. The van der Waals surface area contributed by atoms with Crippen LogP contribution in [0.25, 0.3) is 0 Å². The summed E-state index contributed by atoms with van der Waals surface area (Å²) in [6.07, 6.45) is 15.9. The summed E-state index contributed by atoms with van der Waals surface area (Å²) in [4.78, 5) is 2.43. The highest BCUT2D eigenvalue weighted by Gasteiger charge is 2.54. The van der Waals surface area contributed by atoms with Crippen molar-refractivity contribution in [3.05, 3.63) is 57.6 Å². The lowest BCUT2D eigenvalue weighted by Crippen LogP contribution is -2.48. The molecule has 2 aromatic carbocycles. The fourth-order valence-corrected chi connectivity index (χ4v) is 13.1. The molecule has 8 saturated carbocycles. The number of aromatic hydroxyl groups is 2. The summed E-state index contributed by atoms with van der Waals surface area (Å²) in [6, 6.07) is 9.40. The summed E-state index contributed by atoms with van der Waals surface area (Å²) in [6.45, 7) is 16.5. The fourth-order valence-electron chi connectivity index (χ4n) is 13.1. The van der Waals surface area contributed by atoms with Gasteiger partial charge in [0.05, 0.1) is 6.61 Å². The fraction of sp³-hybridized carbons (Fsp3) is 0.733. The SMILES string of the molecule is COCCN(Cc1cc(C(C)(C)C)cc(C23CC4CC(CC(C4)C2)C3)c1O)Cc1cc(C(C)(C)C)cc(C23CC4CC(CC(C4)C2)C3)c1O. The number of rotatable bonds is 9. The summed E-state index contributed by atoms with van der Waals surface area (Å²) in [5.74, 6) is 6.04. The van der Waals surface area contributed by atoms with Crippen LogP contribution in [0.2, 0.25) is 0 Å². The molecule has 2 N–H and O–H groups in total. The molecule has 8 bridgehead atoms.